The van der Waals surface area contributed by atoms with Crippen molar-refractivity contribution in [3.05, 3.63) is 70.5 Å². The first kappa shape index (κ1) is 18.2. The van der Waals surface area contributed by atoms with Crippen molar-refractivity contribution in [2.24, 2.45) is 0 Å². The van der Waals surface area contributed by atoms with Crippen molar-refractivity contribution in [1.82, 2.24) is 10.6 Å². The SMILES string of the molecule is CC1(C)CC(c2ccc3c(c2)CNC3=O)CC(C)(Cc2ccc(F)cc2)N1. The van der Waals surface area contributed by atoms with E-state index < -0.39 is 0 Å². The molecule has 0 aromatic heterocycles. The number of carbonyl (C=O) groups is 1. The van der Waals surface area contributed by atoms with Crippen LogP contribution in [0.2, 0.25) is 0 Å². The predicted molar refractivity (Wildman–Crippen MR) is 105 cm³/mol. The van der Waals surface area contributed by atoms with Gasteiger partial charge in [-0.2, -0.15) is 0 Å². The fraction of sp³-hybridized carbons (Fsp3) is 0.435. The van der Waals surface area contributed by atoms with Gasteiger partial charge in [0.05, 0.1) is 0 Å². The molecule has 142 valence electrons. The van der Waals surface area contributed by atoms with Gasteiger partial charge < -0.3 is 10.6 Å². The van der Waals surface area contributed by atoms with Gasteiger partial charge >= 0.3 is 0 Å². The molecular formula is C23H27FN2O. The standard InChI is InChI=1S/C23H27FN2O/c1-22(2)12-18(16-6-9-20-17(10-16)14-25-21(20)27)13-23(3,26-22)11-15-4-7-19(24)8-5-15/h4-10,18,26H,11-14H2,1-3H3,(H,25,27). The van der Waals surface area contributed by atoms with E-state index in [9.17, 15) is 9.18 Å². The molecule has 2 heterocycles. The molecule has 1 amide bonds. The van der Waals surface area contributed by atoms with Crippen LogP contribution >= 0.6 is 0 Å². The smallest absolute Gasteiger partial charge is 0.251 e. The monoisotopic (exact) mass is 366 g/mol. The van der Waals surface area contributed by atoms with Gasteiger partial charge in [0, 0.05) is 23.2 Å². The number of benzene rings is 2. The average Bonchev–Trinajstić information content (AvgIpc) is 2.96. The molecule has 2 N–H and O–H groups in total. The Morgan fingerprint density at radius 1 is 1.07 bits per heavy atom. The number of fused-ring (bicyclic) bond motifs is 1. The summed E-state index contributed by atoms with van der Waals surface area (Å²) in [5.74, 6) is 0.260. The average molecular weight is 366 g/mol. The Hall–Kier alpha value is -2.20. The molecule has 2 aliphatic rings. The number of halogens is 1. The summed E-state index contributed by atoms with van der Waals surface area (Å²) >= 11 is 0. The van der Waals surface area contributed by atoms with E-state index in [2.05, 4.69) is 43.5 Å². The summed E-state index contributed by atoms with van der Waals surface area (Å²) in [5.41, 5.74) is 4.30. The second kappa shape index (κ2) is 6.45. The van der Waals surface area contributed by atoms with Crippen LogP contribution in [0.3, 0.4) is 0 Å². The van der Waals surface area contributed by atoms with Crippen LogP contribution in [0.4, 0.5) is 4.39 Å². The molecule has 4 heteroatoms. The van der Waals surface area contributed by atoms with Crippen LogP contribution in [0.25, 0.3) is 0 Å². The lowest BCUT2D eigenvalue weighted by Gasteiger charge is -2.48. The number of nitrogens with one attached hydrogen (secondary N) is 2. The highest BCUT2D eigenvalue weighted by molar-refractivity contribution is 5.98. The molecule has 2 unspecified atom stereocenters. The lowest BCUT2D eigenvalue weighted by Crippen LogP contribution is -2.59. The largest absolute Gasteiger partial charge is 0.348 e. The third-order valence-electron chi connectivity index (χ3n) is 5.89. The summed E-state index contributed by atoms with van der Waals surface area (Å²) in [5, 5.41) is 6.73. The summed E-state index contributed by atoms with van der Waals surface area (Å²) in [7, 11) is 0. The Morgan fingerprint density at radius 3 is 2.56 bits per heavy atom. The molecule has 0 bridgehead atoms. The highest BCUT2D eigenvalue weighted by Gasteiger charge is 2.41. The Kier molecular flexibility index (Phi) is 4.34. The van der Waals surface area contributed by atoms with Crippen LogP contribution < -0.4 is 10.6 Å². The molecule has 27 heavy (non-hydrogen) atoms. The lowest BCUT2D eigenvalue weighted by atomic mass is 9.70. The van der Waals surface area contributed by atoms with Crippen molar-refractivity contribution in [1.29, 1.82) is 0 Å². The maximum Gasteiger partial charge on any atom is 0.251 e. The van der Waals surface area contributed by atoms with E-state index in [1.54, 1.807) is 0 Å². The third-order valence-corrected chi connectivity index (χ3v) is 5.89. The molecular weight excluding hydrogens is 339 g/mol. The zero-order valence-electron chi connectivity index (χ0n) is 16.2. The number of amides is 1. The molecule has 2 aromatic carbocycles. The van der Waals surface area contributed by atoms with E-state index in [1.807, 2.05) is 18.2 Å². The van der Waals surface area contributed by atoms with Crippen LogP contribution in [0.5, 0.6) is 0 Å². The van der Waals surface area contributed by atoms with Crippen molar-refractivity contribution in [3.63, 3.8) is 0 Å². The van der Waals surface area contributed by atoms with Crippen molar-refractivity contribution >= 4 is 5.91 Å². The minimum Gasteiger partial charge on any atom is -0.348 e. The highest BCUT2D eigenvalue weighted by atomic mass is 19.1. The molecule has 2 aromatic rings. The topological polar surface area (TPSA) is 41.1 Å². The maximum atomic E-state index is 13.3. The predicted octanol–water partition coefficient (Wildman–Crippen LogP) is 4.32. The van der Waals surface area contributed by atoms with Crippen molar-refractivity contribution < 1.29 is 9.18 Å². The van der Waals surface area contributed by atoms with Gasteiger partial charge in [-0.05, 0) is 80.8 Å². The van der Waals surface area contributed by atoms with Gasteiger partial charge in [-0.3, -0.25) is 4.79 Å². The summed E-state index contributed by atoms with van der Waals surface area (Å²) in [4.78, 5) is 11.8. The Morgan fingerprint density at radius 2 is 1.81 bits per heavy atom. The van der Waals surface area contributed by atoms with Gasteiger partial charge in [-0.15, -0.1) is 0 Å². The Labute approximate surface area is 160 Å². The zero-order valence-corrected chi connectivity index (χ0v) is 16.2. The van der Waals surface area contributed by atoms with E-state index in [0.717, 1.165) is 36.0 Å². The van der Waals surface area contributed by atoms with Gasteiger partial charge in [0.15, 0.2) is 0 Å². The first-order valence-electron chi connectivity index (χ1n) is 9.68. The number of hydrogen-bond acceptors (Lipinski definition) is 2. The fourth-order valence-corrected chi connectivity index (χ4v) is 5.06. The first-order valence-corrected chi connectivity index (χ1v) is 9.68. The van der Waals surface area contributed by atoms with E-state index in [0.29, 0.717) is 12.5 Å². The number of hydrogen-bond donors (Lipinski definition) is 2. The van der Waals surface area contributed by atoms with Gasteiger partial charge in [-0.25, -0.2) is 4.39 Å². The number of rotatable bonds is 3. The van der Waals surface area contributed by atoms with Crippen LogP contribution in [0.15, 0.2) is 42.5 Å². The fourth-order valence-electron chi connectivity index (χ4n) is 5.06. The maximum absolute atomic E-state index is 13.3. The van der Waals surface area contributed by atoms with Gasteiger partial charge in [0.25, 0.3) is 5.91 Å². The summed E-state index contributed by atoms with van der Waals surface area (Å²) in [6, 6.07) is 13.1. The molecule has 2 aliphatic heterocycles. The van der Waals surface area contributed by atoms with E-state index in [-0.39, 0.29) is 22.8 Å². The molecule has 0 aliphatic carbocycles. The molecule has 4 rings (SSSR count). The summed E-state index contributed by atoms with van der Waals surface area (Å²) in [6.07, 6.45) is 2.92. The van der Waals surface area contributed by atoms with Crippen LogP contribution in [0.1, 0.15) is 66.6 Å². The van der Waals surface area contributed by atoms with Crippen molar-refractivity contribution in [2.75, 3.05) is 0 Å². The van der Waals surface area contributed by atoms with Gasteiger partial charge in [0.1, 0.15) is 5.82 Å². The van der Waals surface area contributed by atoms with E-state index >= 15 is 0 Å². The summed E-state index contributed by atoms with van der Waals surface area (Å²) in [6.45, 7) is 7.40. The minimum atomic E-state index is -0.194. The minimum absolute atomic E-state index is 0.00474. The molecule has 1 saturated heterocycles. The van der Waals surface area contributed by atoms with Crippen LogP contribution in [-0.2, 0) is 13.0 Å². The molecule has 0 saturated carbocycles. The molecule has 3 nitrogen and oxygen atoms in total. The summed E-state index contributed by atoms with van der Waals surface area (Å²) < 4.78 is 13.3. The van der Waals surface area contributed by atoms with Gasteiger partial charge in [-0.1, -0.05) is 24.3 Å². The molecule has 0 spiro atoms. The lowest BCUT2D eigenvalue weighted by molar-refractivity contribution is 0.0965. The Bertz CT molecular complexity index is 874. The quantitative estimate of drug-likeness (QED) is 0.850. The third kappa shape index (κ3) is 3.77. The zero-order chi connectivity index (χ0) is 19.2. The van der Waals surface area contributed by atoms with Gasteiger partial charge in [0.2, 0.25) is 0 Å². The normalized spacial score (nSPS) is 26.5. The number of carbonyl (C=O) groups excluding carboxylic acids is 1. The highest BCUT2D eigenvalue weighted by Crippen LogP contribution is 2.41. The van der Waals surface area contributed by atoms with E-state index in [1.165, 1.54) is 17.7 Å². The van der Waals surface area contributed by atoms with Crippen LogP contribution in [0, 0.1) is 5.82 Å². The molecule has 0 radical (unpaired) electrons. The first-order chi connectivity index (χ1) is 12.7. The van der Waals surface area contributed by atoms with Crippen molar-refractivity contribution in [2.45, 2.75) is 63.6 Å². The Balaban J connectivity index is 1.60. The van der Waals surface area contributed by atoms with Crippen molar-refractivity contribution in [3.8, 4) is 0 Å². The molecule has 1 fully saturated rings. The number of piperidine rings is 1. The molecule has 2 atom stereocenters. The van der Waals surface area contributed by atoms with E-state index in [4.69, 9.17) is 0 Å². The second-order valence-electron chi connectivity index (χ2n) is 9.08. The van der Waals surface area contributed by atoms with Crippen LogP contribution in [-0.4, -0.2) is 17.0 Å². The second-order valence-corrected chi connectivity index (χ2v) is 9.08.